The molecule has 0 saturated heterocycles. The lowest BCUT2D eigenvalue weighted by Crippen LogP contribution is -2.32. The quantitative estimate of drug-likeness (QED) is 0.133. The molecular formula is C25H20ClN3O5. The van der Waals surface area contributed by atoms with E-state index in [2.05, 4.69) is 15.8 Å². The van der Waals surface area contributed by atoms with Crippen LogP contribution in [-0.2, 0) is 14.4 Å². The number of anilines is 1. The molecule has 0 aliphatic rings. The first-order chi connectivity index (χ1) is 16.5. The van der Waals surface area contributed by atoms with Crippen LogP contribution in [0.2, 0.25) is 5.02 Å². The van der Waals surface area contributed by atoms with Crippen LogP contribution in [0, 0.1) is 0 Å². The third-order valence-corrected chi connectivity index (χ3v) is 4.65. The van der Waals surface area contributed by atoms with Crippen molar-refractivity contribution in [3.63, 3.8) is 0 Å². The molecule has 0 spiro atoms. The minimum atomic E-state index is -0.973. The van der Waals surface area contributed by atoms with Gasteiger partial charge in [-0.3, -0.25) is 9.59 Å². The Morgan fingerprint density at radius 2 is 1.62 bits per heavy atom. The fourth-order valence-electron chi connectivity index (χ4n) is 2.68. The zero-order valence-electron chi connectivity index (χ0n) is 18.0. The maximum absolute atomic E-state index is 12.1. The van der Waals surface area contributed by atoms with E-state index in [0.717, 1.165) is 5.56 Å². The second-order valence-electron chi connectivity index (χ2n) is 6.71. The fraction of sp³-hybridized carbons (Fsp3) is 0.0400. The monoisotopic (exact) mass is 477 g/mol. The molecule has 0 bridgehead atoms. The smallest absolute Gasteiger partial charge is 0.336 e. The Balaban J connectivity index is 1.57. The van der Waals surface area contributed by atoms with Crippen LogP contribution in [0.25, 0.3) is 6.08 Å². The third-order valence-electron chi connectivity index (χ3n) is 4.32. The summed E-state index contributed by atoms with van der Waals surface area (Å²) in [6, 6.07) is 20.5. The van der Waals surface area contributed by atoms with E-state index < -0.39 is 17.8 Å². The van der Waals surface area contributed by atoms with Gasteiger partial charge in [-0.05, 0) is 47.5 Å². The Bertz CT molecular complexity index is 1240. The topological polar surface area (TPSA) is 106 Å². The number of benzene rings is 3. The van der Waals surface area contributed by atoms with Gasteiger partial charge >= 0.3 is 17.8 Å². The van der Waals surface area contributed by atoms with Crippen LogP contribution in [0.3, 0.4) is 0 Å². The molecule has 0 aliphatic carbocycles. The average molecular weight is 478 g/mol. The van der Waals surface area contributed by atoms with Crippen LogP contribution in [0.15, 0.2) is 84.0 Å². The van der Waals surface area contributed by atoms with Gasteiger partial charge in [-0.1, -0.05) is 54.1 Å². The van der Waals surface area contributed by atoms with E-state index in [-0.39, 0.29) is 11.5 Å². The zero-order chi connectivity index (χ0) is 24.3. The van der Waals surface area contributed by atoms with Crippen LogP contribution in [0.4, 0.5) is 5.69 Å². The van der Waals surface area contributed by atoms with Crippen molar-refractivity contribution >= 4 is 47.4 Å². The van der Waals surface area contributed by atoms with Crippen molar-refractivity contribution in [3.8, 4) is 11.5 Å². The van der Waals surface area contributed by atoms with Gasteiger partial charge in [-0.2, -0.15) is 5.10 Å². The van der Waals surface area contributed by atoms with Gasteiger partial charge in [0.05, 0.1) is 24.0 Å². The van der Waals surface area contributed by atoms with Gasteiger partial charge in [0.15, 0.2) is 11.5 Å². The second-order valence-corrected chi connectivity index (χ2v) is 7.12. The molecule has 34 heavy (non-hydrogen) atoms. The number of amides is 2. The summed E-state index contributed by atoms with van der Waals surface area (Å²) in [5, 5.41) is 6.46. The van der Waals surface area contributed by atoms with Gasteiger partial charge in [0.1, 0.15) is 0 Å². The van der Waals surface area contributed by atoms with Crippen molar-refractivity contribution in [2.24, 2.45) is 5.10 Å². The molecule has 0 saturated carbocycles. The van der Waals surface area contributed by atoms with Gasteiger partial charge in [0.25, 0.3) is 0 Å². The summed E-state index contributed by atoms with van der Waals surface area (Å²) >= 11 is 5.95. The van der Waals surface area contributed by atoms with Crippen LogP contribution in [0.5, 0.6) is 11.5 Å². The number of para-hydroxylation sites is 1. The lowest BCUT2D eigenvalue weighted by Gasteiger charge is -2.08. The lowest BCUT2D eigenvalue weighted by molar-refractivity contribution is -0.136. The molecule has 9 heteroatoms. The molecular weight excluding hydrogens is 458 g/mol. The molecule has 2 amide bonds. The summed E-state index contributed by atoms with van der Waals surface area (Å²) in [7, 11) is 1.42. The summed E-state index contributed by atoms with van der Waals surface area (Å²) < 4.78 is 10.6. The van der Waals surface area contributed by atoms with Crippen LogP contribution < -0.4 is 20.2 Å². The van der Waals surface area contributed by atoms with E-state index in [4.69, 9.17) is 21.1 Å². The molecule has 0 unspecified atom stereocenters. The lowest BCUT2D eigenvalue weighted by atomic mass is 10.2. The van der Waals surface area contributed by atoms with Crippen molar-refractivity contribution in [3.05, 3.63) is 95.0 Å². The van der Waals surface area contributed by atoms with Crippen molar-refractivity contribution < 1.29 is 23.9 Å². The molecule has 2 N–H and O–H groups in total. The molecule has 0 fully saturated rings. The molecule has 0 atom stereocenters. The van der Waals surface area contributed by atoms with Crippen molar-refractivity contribution in [2.45, 2.75) is 0 Å². The first-order valence-electron chi connectivity index (χ1n) is 9.98. The summed E-state index contributed by atoms with van der Waals surface area (Å²) in [5.74, 6) is -1.97. The molecule has 3 aromatic carbocycles. The number of nitrogens with zero attached hydrogens (tertiary/aromatic N) is 1. The molecule has 0 radical (unpaired) electrons. The number of carbonyl (C=O) groups is 3. The van der Waals surface area contributed by atoms with E-state index in [1.54, 1.807) is 42.5 Å². The summed E-state index contributed by atoms with van der Waals surface area (Å²) in [6.07, 6.45) is 4.26. The largest absolute Gasteiger partial charge is 0.493 e. The number of hydrazone groups is 1. The number of hydrogen-bond donors (Lipinski definition) is 2. The Morgan fingerprint density at radius 1 is 0.882 bits per heavy atom. The summed E-state index contributed by atoms with van der Waals surface area (Å²) in [5.41, 5.74) is 3.83. The Hall–Kier alpha value is -4.43. The van der Waals surface area contributed by atoms with E-state index in [0.29, 0.717) is 16.3 Å². The molecule has 3 aromatic rings. The molecule has 0 aromatic heterocycles. The van der Waals surface area contributed by atoms with Gasteiger partial charge in [0, 0.05) is 6.08 Å². The summed E-state index contributed by atoms with van der Waals surface area (Å²) in [6.45, 7) is 0. The molecule has 172 valence electrons. The molecule has 8 nitrogen and oxygen atoms in total. The first-order valence-corrected chi connectivity index (χ1v) is 10.4. The predicted octanol–water partition coefficient (Wildman–Crippen LogP) is 4.06. The van der Waals surface area contributed by atoms with Crippen LogP contribution >= 0.6 is 11.6 Å². The van der Waals surface area contributed by atoms with Crippen LogP contribution in [0.1, 0.15) is 11.1 Å². The number of nitrogens with one attached hydrogen (secondary N) is 2. The fourth-order valence-corrected chi connectivity index (χ4v) is 2.86. The van der Waals surface area contributed by atoms with E-state index in [1.807, 2.05) is 30.3 Å². The Kier molecular flexibility index (Phi) is 8.54. The van der Waals surface area contributed by atoms with Crippen molar-refractivity contribution in [1.29, 1.82) is 0 Å². The Labute approximate surface area is 200 Å². The summed E-state index contributed by atoms with van der Waals surface area (Å²) in [4.78, 5) is 36.0. The molecule has 0 heterocycles. The van der Waals surface area contributed by atoms with E-state index >= 15 is 0 Å². The normalized spacial score (nSPS) is 10.8. The zero-order valence-corrected chi connectivity index (χ0v) is 18.8. The SMILES string of the molecule is COc1cc(/C=N/NC(=O)C(=O)Nc2ccccc2Cl)ccc1OC(=O)/C=C/c1ccccc1. The molecule has 0 aliphatic heterocycles. The first kappa shape index (κ1) is 24.2. The van der Waals surface area contributed by atoms with Crippen molar-refractivity contribution in [2.75, 3.05) is 12.4 Å². The highest BCUT2D eigenvalue weighted by Crippen LogP contribution is 2.28. The highest BCUT2D eigenvalue weighted by molar-refractivity contribution is 6.41. The minimum absolute atomic E-state index is 0.213. The third kappa shape index (κ3) is 7.04. The maximum Gasteiger partial charge on any atom is 0.336 e. The number of esters is 1. The number of ether oxygens (including phenoxy) is 2. The van der Waals surface area contributed by atoms with Gasteiger partial charge in [-0.15, -0.1) is 0 Å². The van der Waals surface area contributed by atoms with E-state index in [9.17, 15) is 14.4 Å². The number of methoxy groups -OCH3 is 1. The number of carbonyl (C=O) groups excluding carboxylic acids is 3. The van der Waals surface area contributed by atoms with Crippen molar-refractivity contribution in [1.82, 2.24) is 5.43 Å². The maximum atomic E-state index is 12.1. The Morgan fingerprint density at radius 3 is 2.35 bits per heavy atom. The number of rotatable bonds is 7. The van der Waals surface area contributed by atoms with Gasteiger partial charge in [0.2, 0.25) is 0 Å². The highest BCUT2D eigenvalue weighted by Gasteiger charge is 2.14. The average Bonchev–Trinajstić information content (AvgIpc) is 2.85. The standard InChI is InChI=1S/C25H20ClN3O5/c1-33-22-15-18(11-13-21(22)34-23(30)14-12-17-7-3-2-4-8-17)16-27-29-25(32)24(31)28-20-10-6-5-9-19(20)26/h2-16H,1H3,(H,28,31)(H,29,32)/b14-12+,27-16+. The van der Waals surface area contributed by atoms with Gasteiger partial charge in [-0.25, -0.2) is 10.2 Å². The number of halogens is 1. The second kappa shape index (κ2) is 12.0. The number of hydrogen-bond acceptors (Lipinski definition) is 6. The van der Waals surface area contributed by atoms with Gasteiger partial charge < -0.3 is 14.8 Å². The highest BCUT2D eigenvalue weighted by atomic mass is 35.5. The predicted molar refractivity (Wildman–Crippen MR) is 130 cm³/mol. The van der Waals surface area contributed by atoms with E-state index in [1.165, 1.54) is 25.5 Å². The molecule has 3 rings (SSSR count). The minimum Gasteiger partial charge on any atom is -0.493 e. The van der Waals surface area contributed by atoms with Crippen LogP contribution in [-0.4, -0.2) is 31.1 Å².